The van der Waals surface area contributed by atoms with E-state index in [1.165, 1.54) is 17.0 Å². The molecule has 1 fully saturated rings. The van der Waals surface area contributed by atoms with Crippen molar-refractivity contribution >= 4 is 17.8 Å². The Bertz CT molecular complexity index is 732. The van der Waals surface area contributed by atoms with Gasteiger partial charge in [0.1, 0.15) is 12.0 Å². The van der Waals surface area contributed by atoms with Crippen LogP contribution in [-0.2, 0) is 30.8 Å². The molecule has 1 unspecified atom stereocenters. The Morgan fingerprint density at radius 3 is 2.32 bits per heavy atom. The number of ketones is 1. The van der Waals surface area contributed by atoms with Crippen LogP contribution in [0.4, 0.5) is 18.0 Å². The second kappa shape index (κ2) is 8.62. The van der Waals surface area contributed by atoms with Crippen LogP contribution in [0.1, 0.15) is 43.7 Å². The molecule has 28 heavy (non-hydrogen) atoms. The first-order valence-electron chi connectivity index (χ1n) is 8.89. The van der Waals surface area contributed by atoms with Crippen molar-refractivity contribution in [2.45, 2.75) is 44.3 Å². The Morgan fingerprint density at radius 1 is 1.14 bits per heavy atom. The Balaban J connectivity index is 2.53. The number of amides is 1. The first kappa shape index (κ1) is 21.7. The Kier molecular flexibility index (Phi) is 6.69. The minimum Gasteiger partial charge on any atom is -0.466 e. The van der Waals surface area contributed by atoms with E-state index >= 15 is 0 Å². The van der Waals surface area contributed by atoms with Crippen LogP contribution in [0, 0.1) is 0 Å². The highest BCUT2D eigenvalue weighted by Crippen LogP contribution is 2.41. The highest BCUT2D eigenvalue weighted by Gasteiger charge is 2.50. The van der Waals surface area contributed by atoms with Crippen LogP contribution in [0.15, 0.2) is 24.3 Å². The number of carbonyl (C=O) groups excluding carboxylic acids is 3. The van der Waals surface area contributed by atoms with E-state index < -0.39 is 41.5 Å². The molecule has 2 rings (SSSR count). The average molecular weight is 401 g/mol. The lowest BCUT2D eigenvalue weighted by molar-refractivity contribution is -0.149. The van der Waals surface area contributed by atoms with E-state index in [1.807, 2.05) is 0 Å². The maximum atomic E-state index is 13.1. The molecule has 9 heteroatoms. The number of benzene rings is 1. The number of hydrogen-bond acceptors (Lipinski definition) is 5. The molecular formula is C19H22F3NO5. The van der Waals surface area contributed by atoms with Gasteiger partial charge in [0.2, 0.25) is 0 Å². The largest absolute Gasteiger partial charge is 0.466 e. The zero-order chi connectivity index (χ0) is 20.9. The fourth-order valence-electron chi connectivity index (χ4n) is 3.51. The second-order valence-corrected chi connectivity index (χ2v) is 6.42. The molecule has 0 aliphatic carbocycles. The van der Waals surface area contributed by atoms with Crippen LogP contribution in [0.2, 0.25) is 0 Å². The molecule has 1 aliphatic heterocycles. The Labute approximate surface area is 160 Å². The van der Waals surface area contributed by atoms with E-state index in [-0.39, 0.29) is 25.1 Å². The number of esters is 1. The van der Waals surface area contributed by atoms with Crippen LogP contribution >= 0.6 is 0 Å². The number of hydrogen-bond donors (Lipinski definition) is 0. The van der Waals surface area contributed by atoms with Gasteiger partial charge in [-0.05, 0) is 43.9 Å². The number of Topliss-reactive ketones (excluding diaryl/α,β-unsaturated/α-hetero) is 1. The summed E-state index contributed by atoms with van der Waals surface area (Å²) >= 11 is 0. The van der Waals surface area contributed by atoms with Crippen molar-refractivity contribution < 1.29 is 37.0 Å². The van der Waals surface area contributed by atoms with E-state index in [4.69, 9.17) is 9.47 Å². The standard InChI is InChI=1S/C19H22F3NO5/c1-3-28-16(25)12-15(24)18(10-4-5-11-23(18)17(26)27-2)13-6-8-14(9-7-13)19(20,21)22/h6-9H,3-5,10-12H2,1-2H3. The molecule has 0 bridgehead atoms. The first-order valence-corrected chi connectivity index (χ1v) is 8.89. The summed E-state index contributed by atoms with van der Waals surface area (Å²) in [4.78, 5) is 38.6. The molecule has 0 radical (unpaired) electrons. The molecular weight excluding hydrogens is 379 g/mol. The fourth-order valence-corrected chi connectivity index (χ4v) is 3.51. The summed E-state index contributed by atoms with van der Waals surface area (Å²) in [5, 5.41) is 0. The van der Waals surface area contributed by atoms with Gasteiger partial charge in [-0.3, -0.25) is 14.5 Å². The van der Waals surface area contributed by atoms with E-state index in [2.05, 4.69) is 0 Å². The van der Waals surface area contributed by atoms with Gasteiger partial charge in [0.15, 0.2) is 5.78 Å². The first-order chi connectivity index (χ1) is 13.2. The van der Waals surface area contributed by atoms with Gasteiger partial charge in [-0.25, -0.2) is 4.79 Å². The third kappa shape index (κ3) is 4.28. The van der Waals surface area contributed by atoms with Crippen LogP contribution in [0.5, 0.6) is 0 Å². The highest BCUT2D eigenvalue weighted by atomic mass is 19.4. The normalized spacial score (nSPS) is 19.8. The van der Waals surface area contributed by atoms with Gasteiger partial charge in [-0.2, -0.15) is 13.2 Å². The third-order valence-corrected chi connectivity index (χ3v) is 4.79. The van der Waals surface area contributed by atoms with Crippen molar-refractivity contribution in [2.24, 2.45) is 0 Å². The molecule has 6 nitrogen and oxygen atoms in total. The lowest BCUT2D eigenvalue weighted by Gasteiger charge is -2.45. The maximum absolute atomic E-state index is 13.1. The summed E-state index contributed by atoms with van der Waals surface area (Å²) in [5.41, 5.74) is -2.24. The topological polar surface area (TPSA) is 72.9 Å². The number of carbonyl (C=O) groups is 3. The predicted octanol–water partition coefficient (Wildman–Crippen LogP) is 3.68. The fraction of sp³-hybridized carbons (Fsp3) is 0.526. The van der Waals surface area contributed by atoms with Crippen molar-refractivity contribution in [1.29, 1.82) is 0 Å². The van der Waals surface area contributed by atoms with Gasteiger partial charge in [-0.15, -0.1) is 0 Å². The van der Waals surface area contributed by atoms with Gasteiger partial charge in [-0.1, -0.05) is 12.1 Å². The van der Waals surface area contributed by atoms with E-state index in [9.17, 15) is 27.6 Å². The minimum absolute atomic E-state index is 0.0834. The number of likely N-dealkylation sites (tertiary alicyclic amines) is 1. The Hall–Kier alpha value is -2.58. The molecule has 0 saturated carbocycles. The van der Waals surface area contributed by atoms with E-state index in [1.54, 1.807) is 6.92 Å². The summed E-state index contributed by atoms with van der Waals surface area (Å²) in [7, 11) is 1.16. The minimum atomic E-state index is -4.53. The van der Waals surface area contributed by atoms with Gasteiger partial charge in [0.25, 0.3) is 0 Å². The van der Waals surface area contributed by atoms with Crippen LogP contribution in [0.25, 0.3) is 0 Å². The number of rotatable bonds is 5. The quantitative estimate of drug-likeness (QED) is 0.556. The summed E-state index contributed by atoms with van der Waals surface area (Å²) < 4.78 is 48.4. The van der Waals surface area contributed by atoms with Crippen molar-refractivity contribution in [1.82, 2.24) is 4.90 Å². The van der Waals surface area contributed by atoms with Crippen LogP contribution in [0.3, 0.4) is 0 Å². The smallest absolute Gasteiger partial charge is 0.416 e. The van der Waals surface area contributed by atoms with E-state index in [0.717, 1.165) is 19.2 Å². The SMILES string of the molecule is CCOC(=O)CC(=O)C1(c2ccc(C(F)(F)F)cc2)CCCCN1C(=O)OC. The number of nitrogens with zero attached hydrogens (tertiary/aromatic N) is 1. The second-order valence-electron chi connectivity index (χ2n) is 6.42. The third-order valence-electron chi connectivity index (χ3n) is 4.79. The molecule has 1 aromatic rings. The zero-order valence-electron chi connectivity index (χ0n) is 15.7. The van der Waals surface area contributed by atoms with Crippen molar-refractivity contribution in [3.63, 3.8) is 0 Å². The summed E-state index contributed by atoms with van der Waals surface area (Å²) in [6, 6.07) is 4.07. The molecule has 0 spiro atoms. The molecule has 0 N–H and O–H groups in total. The molecule has 0 aromatic heterocycles. The number of piperidine rings is 1. The molecule has 1 heterocycles. The van der Waals surface area contributed by atoms with Gasteiger partial charge >= 0.3 is 18.2 Å². The summed E-state index contributed by atoms with van der Waals surface area (Å²) in [6.45, 7) is 1.86. The monoisotopic (exact) mass is 401 g/mol. The predicted molar refractivity (Wildman–Crippen MR) is 92.3 cm³/mol. The highest BCUT2D eigenvalue weighted by molar-refractivity contribution is 6.03. The van der Waals surface area contributed by atoms with E-state index in [0.29, 0.717) is 12.8 Å². The summed E-state index contributed by atoms with van der Waals surface area (Å²) in [5.74, 6) is -1.37. The van der Waals surface area contributed by atoms with Crippen LogP contribution in [-0.4, -0.2) is 43.0 Å². The van der Waals surface area contributed by atoms with Crippen molar-refractivity contribution in [3.05, 3.63) is 35.4 Å². The lowest BCUT2D eigenvalue weighted by atomic mass is 9.76. The van der Waals surface area contributed by atoms with Crippen LogP contribution < -0.4 is 0 Å². The number of halogens is 3. The van der Waals surface area contributed by atoms with Gasteiger partial charge in [0.05, 0.1) is 19.3 Å². The van der Waals surface area contributed by atoms with Gasteiger partial charge < -0.3 is 9.47 Å². The maximum Gasteiger partial charge on any atom is 0.416 e. The molecule has 1 amide bonds. The molecule has 1 aromatic carbocycles. The zero-order valence-corrected chi connectivity index (χ0v) is 15.7. The molecule has 1 saturated heterocycles. The number of methoxy groups -OCH3 is 1. The van der Waals surface area contributed by atoms with Crippen molar-refractivity contribution in [2.75, 3.05) is 20.3 Å². The molecule has 1 atom stereocenters. The average Bonchev–Trinajstić information content (AvgIpc) is 2.66. The number of ether oxygens (including phenoxy) is 2. The summed E-state index contributed by atoms with van der Waals surface area (Å²) in [6.07, 6.45) is -4.58. The number of alkyl halides is 3. The van der Waals surface area contributed by atoms with Crippen molar-refractivity contribution in [3.8, 4) is 0 Å². The Morgan fingerprint density at radius 2 is 1.79 bits per heavy atom. The lowest BCUT2D eigenvalue weighted by Crippen LogP contribution is -2.57. The molecule has 154 valence electrons. The van der Waals surface area contributed by atoms with Gasteiger partial charge in [0, 0.05) is 6.54 Å². The molecule has 1 aliphatic rings.